The van der Waals surface area contributed by atoms with Crippen LogP contribution >= 0.6 is 11.3 Å². The second-order valence-electron chi connectivity index (χ2n) is 4.67. The Morgan fingerprint density at radius 3 is 2.86 bits per heavy atom. The standard InChI is InChI=1S/C11H11N3O6S2/c1-13-9-7(21-11(13)16)3-6(4-12-9)14-5-8(19-10(14)15)20-22(2,17)18/h3-4,8H,5H2,1-2H3. The van der Waals surface area contributed by atoms with Crippen molar-refractivity contribution >= 4 is 43.6 Å². The Kier molecular flexibility index (Phi) is 3.42. The summed E-state index contributed by atoms with van der Waals surface area (Å²) in [6.07, 6.45) is 0.350. The molecule has 1 saturated heterocycles. The molecule has 2 aromatic rings. The monoisotopic (exact) mass is 345 g/mol. The number of thiazole rings is 1. The molecule has 1 aliphatic rings. The Labute approximate surface area is 128 Å². The van der Waals surface area contributed by atoms with Crippen LogP contribution in [0.4, 0.5) is 10.5 Å². The maximum atomic E-state index is 11.8. The number of cyclic esters (lactones) is 1. The molecule has 0 N–H and O–H groups in total. The third kappa shape index (κ3) is 2.69. The lowest BCUT2D eigenvalue weighted by Crippen LogP contribution is -2.26. The van der Waals surface area contributed by atoms with Gasteiger partial charge < -0.3 is 4.74 Å². The maximum absolute atomic E-state index is 11.8. The van der Waals surface area contributed by atoms with Crippen molar-refractivity contribution < 1.29 is 22.1 Å². The fourth-order valence-corrected chi connectivity index (χ4v) is 3.41. The van der Waals surface area contributed by atoms with Crippen LogP contribution in [0.3, 0.4) is 0 Å². The lowest BCUT2D eigenvalue weighted by Gasteiger charge is -2.12. The summed E-state index contributed by atoms with van der Waals surface area (Å²) in [5.74, 6) is 0. The highest BCUT2D eigenvalue weighted by atomic mass is 32.2. The van der Waals surface area contributed by atoms with Crippen LogP contribution < -0.4 is 9.77 Å². The molecule has 1 fully saturated rings. The Morgan fingerprint density at radius 2 is 2.18 bits per heavy atom. The zero-order chi connectivity index (χ0) is 16.1. The van der Waals surface area contributed by atoms with Crippen molar-refractivity contribution in [3.8, 4) is 0 Å². The molecule has 11 heteroatoms. The molecular formula is C11H11N3O6S2. The molecule has 3 heterocycles. The summed E-state index contributed by atoms with van der Waals surface area (Å²) in [6.45, 7) is -0.0825. The first kappa shape index (κ1) is 14.9. The topological polar surface area (TPSA) is 108 Å². The van der Waals surface area contributed by atoms with Gasteiger partial charge in [-0.15, -0.1) is 0 Å². The van der Waals surface area contributed by atoms with Gasteiger partial charge in [-0.2, -0.15) is 8.42 Å². The summed E-state index contributed by atoms with van der Waals surface area (Å²) < 4.78 is 33.7. The second kappa shape index (κ2) is 5.04. The van der Waals surface area contributed by atoms with Gasteiger partial charge in [0.2, 0.25) is 6.29 Å². The Balaban J connectivity index is 1.91. The van der Waals surface area contributed by atoms with E-state index in [-0.39, 0.29) is 11.4 Å². The molecule has 9 nitrogen and oxygen atoms in total. The number of nitrogens with zero attached hydrogens (tertiary/aromatic N) is 3. The van der Waals surface area contributed by atoms with Crippen molar-refractivity contribution in [3.63, 3.8) is 0 Å². The van der Waals surface area contributed by atoms with E-state index in [1.807, 2.05) is 0 Å². The molecule has 0 bridgehead atoms. The number of pyridine rings is 1. The van der Waals surface area contributed by atoms with Crippen molar-refractivity contribution in [2.24, 2.45) is 7.05 Å². The average Bonchev–Trinajstić information content (AvgIpc) is 2.88. The minimum atomic E-state index is -3.74. The lowest BCUT2D eigenvalue weighted by molar-refractivity contribution is 0.0114. The number of hydrogen-bond donors (Lipinski definition) is 0. The molecule has 118 valence electrons. The van der Waals surface area contributed by atoms with Crippen LogP contribution in [-0.4, -0.2) is 43.2 Å². The molecule has 1 aliphatic heterocycles. The summed E-state index contributed by atoms with van der Waals surface area (Å²) in [4.78, 5) is 28.6. The van der Waals surface area contributed by atoms with Gasteiger partial charge in [0.15, 0.2) is 5.65 Å². The second-order valence-corrected chi connectivity index (χ2v) is 7.26. The van der Waals surface area contributed by atoms with E-state index in [4.69, 9.17) is 4.74 Å². The molecule has 0 spiro atoms. The van der Waals surface area contributed by atoms with Crippen molar-refractivity contribution in [1.29, 1.82) is 0 Å². The molecule has 0 saturated carbocycles. The fraction of sp³-hybridized carbons (Fsp3) is 0.364. The molecule has 0 aromatic carbocycles. The highest BCUT2D eigenvalue weighted by molar-refractivity contribution is 7.86. The summed E-state index contributed by atoms with van der Waals surface area (Å²) in [7, 11) is -2.13. The van der Waals surface area contributed by atoms with Gasteiger partial charge in [-0.25, -0.2) is 14.0 Å². The van der Waals surface area contributed by atoms with Gasteiger partial charge in [-0.05, 0) is 6.07 Å². The number of carbonyl (C=O) groups is 1. The highest BCUT2D eigenvalue weighted by Crippen LogP contribution is 2.26. The molecule has 1 atom stereocenters. The highest BCUT2D eigenvalue weighted by Gasteiger charge is 2.35. The van der Waals surface area contributed by atoms with E-state index in [0.717, 1.165) is 17.6 Å². The van der Waals surface area contributed by atoms with Crippen LogP contribution in [0.2, 0.25) is 0 Å². The zero-order valence-corrected chi connectivity index (χ0v) is 13.2. The lowest BCUT2D eigenvalue weighted by atomic mass is 10.3. The number of carbonyl (C=O) groups excluding carboxylic acids is 1. The quantitative estimate of drug-likeness (QED) is 0.734. The van der Waals surface area contributed by atoms with Crippen molar-refractivity contribution in [2.45, 2.75) is 6.29 Å². The Morgan fingerprint density at radius 1 is 1.45 bits per heavy atom. The van der Waals surface area contributed by atoms with Crippen molar-refractivity contribution in [2.75, 3.05) is 17.7 Å². The normalized spacial score (nSPS) is 18.9. The Bertz CT molecular complexity index is 916. The van der Waals surface area contributed by atoms with Crippen LogP contribution in [-0.2, 0) is 26.1 Å². The predicted octanol–water partition coefficient (Wildman–Crippen LogP) is 0.254. The van der Waals surface area contributed by atoms with Crippen molar-refractivity contribution in [1.82, 2.24) is 9.55 Å². The zero-order valence-electron chi connectivity index (χ0n) is 11.5. The van der Waals surface area contributed by atoms with Gasteiger partial charge in [0.05, 0.1) is 29.4 Å². The number of aromatic nitrogens is 2. The van der Waals surface area contributed by atoms with E-state index < -0.39 is 22.5 Å². The van der Waals surface area contributed by atoms with Crippen LogP contribution in [0.1, 0.15) is 0 Å². The number of fused-ring (bicyclic) bond motifs is 1. The van der Waals surface area contributed by atoms with Gasteiger partial charge in [0, 0.05) is 7.05 Å². The maximum Gasteiger partial charge on any atom is 0.416 e. The van der Waals surface area contributed by atoms with E-state index in [1.54, 1.807) is 13.1 Å². The third-order valence-corrected chi connectivity index (χ3v) is 4.52. The summed E-state index contributed by atoms with van der Waals surface area (Å²) >= 11 is 1.00. The van der Waals surface area contributed by atoms with Crippen LogP contribution in [0.15, 0.2) is 17.1 Å². The number of ether oxygens (including phenoxy) is 1. The minimum Gasteiger partial charge on any atom is -0.416 e. The van der Waals surface area contributed by atoms with Gasteiger partial charge >= 0.3 is 11.0 Å². The first-order valence-electron chi connectivity index (χ1n) is 6.06. The third-order valence-electron chi connectivity index (χ3n) is 2.99. The average molecular weight is 345 g/mol. The Hall–Kier alpha value is -1.98. The van der Waals surface area contributed by atoms with Crippen LogP contribution in [0.25, 0.3) is 10.3 Å². The number of anilines is 1. The van der Waals surface area contributed by atoms with Crippen LogP contribution in [0, 0.1) is 0 Å². The molecule has 0 radical (unpaired) electrons. The smallest absolute Gasteiger partial charge is 0.416 e. The summed E-state index contributed by atoms with van der Waals surface area (Å²) in [6, 6.07) is 1.62. The molecule has 22 heavy (non-hydrogen) atoms. The summed E-state index contributed by atoms with van der Waals surface area (Å²) in [5, 5.41) is 0. The van der Waals surface area contributed by atoms with E-state index >= 15 is 0 Å². The van der Waals surface area contributed by atoms with Gasteiger partial charge in [0.1, 0.15) is 0 Å². The van der Waals surface area contributed by atoms with Crippen LogP contribution in [0.5, 0.6) is 0 Å². The number of rotatable bonds is 3. The largest absolute Gasteiger partial charge is 0.416 e. The minimum absolute atomic E-state index is 0.0825. The predicted molar refractivity (Wildman–Crippen MR) is 78.4 cm³/mol. The van der Waals surface area contributed by atoms with Crippen molar-refractivity contribution in [3.05, 3.63) is 21.9 Å². The fourth-order valence-electron chi connectivity index (χ4n) is 2.04. The van der Waals surface area contributed by atoms with E-state index in [2.05, 4.69) is 9.17 Å². The van der Waals surface area contributed by atoms with Gasteiger partial charge in [-0.3, -0.25) is 14.3 Å². The summed E-state index contributed by atoms with van der Waals surface area (Å²) in [5.41, 5.74) is 0.911. The van der Waals surface area contributed by atoms with Gasteiger partial charge in [-0.1, -0.05) is 11.3 Å². The number of amides is 1. The van der Waals surface area contributed by atoms with Gasteiger partial charge in [0.25, 0.3) is 10.1 Å². The number of aryl methyl sites for hydroxylation is 1. The van der Waals surface area contributed by atoms with E-state index in [0.29, 0.717) is 16.0 Å². The molecule has 1 unspecified atom stereocenters. The SMILES string of the molecule is Cn1c(=O)sc2cc(N3CC(OS(C)(=O)=O)OC3=O)cnc21. The number of hydrogen-bond acceptors (Lipinski definition) is 8. The van der Waals surface area contributed by atoms with E-state index in [9.17, 15) is 18.0 Å². The molecule has 3 rings (SSSR count). The first-order chi connectivity index (χ1) is 10.2. The first-order valence-corrected chi connectivity index (χ1v) is 8.70. The molecule has 2 aromatic heterocycles. The molecule has 0 aliphatic carbocycles. The molecule has 1 amide bonds. The van der Waals surface area contributed by atoms with E-state index in [1.165, 1.54) is 15.7 Å². The molecular weight excluding hydrogens is 334 g/mol.